The summed E-state index contributed by atoms with van der Waals surface area (Å²) in [5.41, 5.74) is 4.60. The maximum atomic E-state index is 15.9. The van der Waals surface area contributed by atoms with Crippen molar-refractivity contribution in [2.75, 3.05) is 32.6 Å². The standard InChI is InChI=1S/C37H39Cl2FN6O4/c1-49-29-11-8-23(18-42-20-25-10-13-32(48)45-25)35(40)37(29)46-28-5-3-4-26(33(28)38)27-14-15-43-36(34(27)39)21-6-7-22(30(16-21)50-2)17-41-19-24-9-12-31(47)44-24/h3-8,11,14-16,24-25,41-42,46H,9-10,12-13,17-20H2,1-2H3,(H,44,47)(H,45,48)/t24-,25-/m0/s1. The number of rotatable bonds is 14. The van der Waals surface area contributed by atoms with Crippen LogP contribution in [0, 0.1) is 5.82 Å². The van der Waals surface area contributed by atoms with Gasteiger partial charge in [0, 0.05) is 85.1 Å². The molecule has 2 atom stereocenters. The van der Waals surface area contributed by atoms with Crippen LogP contribution < -0.4 is 36.1 Å². The number of methoxy groups -OCH3 is 2. The van der Waals surface area contributed by atoms with Crippen molar-refractivity contribution in [3.8, 4) is 33.9 Å². The minimum Gasteiger partial charge on any atom is -0.496 e. The second kappa shape index (κ2) is 16.1. The lowest BCUT2D eigenvalue weighted by Gasteiger charge is -2.18. The van der Waals surface area contributed by atoms with Crippen LogP contribution in [0.1, 0.15) is 36.8 Å². The van der Waals surface area contributed by atoms with Crippen LogP contribution in [0.5, 0.6) is 11.5 Å². The number of hydrogen-bond donors (Lipinski definition) is 5. The summed E-state index contributed by atoms with van der Waals surface area (Å²) >= 11 is 14.0. The van der Waals surface area contributed by atoms with E-state index in [9.17, 15) is 9.59 Å². The van der Waals surface area contributed by atoms with E-state index >= 15 is 4.39 Å². The van der Waals surface area contributed by atoms with E-state index in [-0.39, 0.29) is 36.1 Å². The maximum absolute atomic E-state index is 15.9. The van der Waals surface area contributed by atoms with E-state index < -0.39 is 5.82 Å². The first-order valence-electron chi connectivity index (χ1n) is 16.5. The molecule has 10 nitrogen and oxygen atoms in total. The summed E-state index contributed by atoms with van der Waals surface area (Å²) in [5, 5.41) is 16.4. The molecule has 0 saturated carbocycles. The Balaban J connectivity index is 1.21. The quantitative estimate of drug-likeness (QED) is 0.102. The van der Waals surface area contributed by atoms with Crippen LogP contribution in [0.15, 0.2) is 60.8 Å². The summed E-state index contributed by atoms with van der Waals surface area (Å²) in [5.74, 6) is 0.645. The fourth-order valence-corrected chi connectivity index (χ4v) is 6.91. The van der Waals surface area contributed by atoms with E-state index in [2.05, 4.69) is 31.6 Å². The molecule has 262 valence electrons. The number of amides is 2. The Morgan fingerprint density at radius 3 is 2.10 bits per heavy atom. The Kier molecular flexibility index (Phi) is 11.4. The molecule has 1 aromatic heterocycles. The largest absolute Gasteiger partial charge is 0.496 e. The summed E-state index contributed by atoms with van der Waals surface area (Å²) < 4.78 is 27.1. The lowest BCUT2D eigenvalue weighted by Crippen LogP contribution is -2.35. The van der Waals surface area contributed by atoms with Gasteiger partial charge in [-0.2, -0.15) is 0 Å². The first kappa shape index (κ1) is 35.4. The normalized spacial score (nSPS) is 17.1. The van der Waals surface area contributed by atoms with Gasteiger partial charge in [0.05, 0.1) is 35.6 Å². The molecule has 2 amide bonds. The zero-order valence-electron chi connectivity index (χ0n) is 27.8. The number of carbonyl (C=O) groups is 2. The molecule has 6 rings (SSSR count). The van der Waals surface area contributed by atoms with Gasteiger partial charge >= 0.3 is 0 Å². The van der Waals surface area contributed by atoms with E-state index in [4.69, 9.17) is 32.7 Å². The number of anilines is 2. The molecule has 3 heterocycles. The molecule has 2 fully saturated rings. The Hall–Kier alpha value is -4.42. The van der Waals surface area contributed by atoms with Crippen molar-refractivity contribution in [1.29, 1.82) is 0 Å². The highest BCUT2D eigenvalue weighted by molar-refractivity contribution is 6.39. The maximum Gasteiger partial charge on any atom is 0.220 e. The smallest absolute Gasteiger partial charge is 0.220 e. The van der Waals surface area contributed by atoms with Crippen LogP contribution in [0.3, 0.4) is 0 Å². The minimum atomic E-state index is -0.476. The molecule has 50 heavy (non-hydrogen) atoms. The molecule has 2 aliphatic heterocycles. The molecule has 0 bridgehead atoms. The Morgan fingerprint density at radius 1 is 0.820 bits per heavy atom. The Labute approximate surface area is 300 Å². The summed E-state index contributed by atoms with van der Waals surface area (Å²) in [7, 11) is 3.09. The van der Waals surface area contributed by atoms with E-state index in [0.717, 1.165) is 24.0 Å². The van der Waals surface area contributed by atoms with Crippen LogP contribution in [-0.2, 0) is 22.7 Å². The van der Waals surface area contributed by atoms with Crippen LogP contribution >= 0.6 is 23.2 Å². The van der Waals surface area contributed by atoms with Gasteiger partial charge in [0.2, 0.25) is 11.8 Å². The van der Waals surface area contributed by atoms with Crippen molar-refractivity contribution < 1.29 is 23.5 Å². The topological polar surface area (TPSA) is 126 Å². The van der Waals surface area contributed by atoms with Crippen molar-refractivity contribution >= 4 is 46.4 Å². The molecule has 3 aromatic carbocycles. The van der Waals surface area contributed by atoms with Crippen LogP contribution in [0.4, 0.5) is 15.8 Å². The van der Waals surface area contributed by atoms with Crippen molar-refractivity contribution in [2.24, 2.45) is 0 Å². The number of carbonyl (C=O) groups excluding carboxylic acids is 2. The second-order valence-electron chi connectivity index (χ2n) is 12.3. The summed E-state index contributed by atoms with van der Waals surface area (Å²) in [6.07, 6.45) is 4.32. The summed E-state index contributed by atoms with van der Waals surface area (Å²) in [6, 6.07) is 16.5. The highest BCUT2D eigenvalue weighted by Gasteiger charge is 2.23. The number of benzene rings is 3. The van der Waals surface area contributed by atoms with Gasteiger partial charge in [-0.1, -0.05) is 53.5 Å². The van der Waals surface area contributed by atoms with Gasteiger partial charge in [0.1, 0.15) is 17.2 Å². The van der Waals surface area contributed by atoms with Gasteiger partial charge in [-0.05, 0) is 37.1 Å². The lowest BCUT2D eigenvalue weighted by atomic mass is 10.0. The van der Waals surface area contributed by atoms with Gasteiger partial charge in [0.15, 0.2) is 5.82 Å². The number of nitrogens with one attached hydrogen (secondary N) is 5. The van der Waals surface area contributed by atoms with Crippen molar-refractivity contribution in [2.45, 2.75) is 50.9 Å². The predicted molar refractivity (Wildman–Crippen MR) is 194 cm³/mol. The molecule has 2 saturated heterocycles. The molecule has 4 aromatic rings. The molecule has 13 heteroatoms. The first-order valence-corrected chi connectivity index (χ1v) is 17.2. The number of ether oxygens (including phenoxy) is 2. The van der Waals surface area contributed by atoms with Crippen LogP contribution in [-0.4, -0.2) is 56.2 Å². The zero-order chi connectivity index (χ0) is 35.2. The van der Waals surface area contributed by atoms with Gasteiger partial charge in [-0.3, -0.25) is 14.6 Å². The first-order chi connectivity index (χ1) is 24.2. The Bertz CT molecular complexity index is 1890. The number of pyridine rings is 1. The number of nitrogens with zero attached hydrogens (tertiary/aromatic N) is 1. The molecule has 0 unspecified atom stereocenters. The van der Waals surface area contributed by atoms with Crippen LogP contribution in [0.2, 0.25) is 10.0 Å². The van der Waals surface area contributed by atoms with Gasteiger partial charge in [-0.15, -0.1) is 0 Å². The highest BCUT2D eigenvalue weighted by atomic mass is 35.5. The summed E-state index contributed by atoms with van der Waals surface area (Å²) in [4.78, 5) is 27.6. The van der Waals surface area contributed by atoms with Crippen molar-refractivity contribution in [3.05, 3.63) is 87.8 Å². The fourth-order valence-electron chi connectivity index (χ4n) is 6.31. The molecular weight excluding hydrogens is 682 g/mol. The average Bonchev–Trinajstić information content (AvgIpc) is 3.74. The number of aromatic nitrogens is 1. The third-order valence-electron chi connectivity index (χ3n) is 8.98. The second-order valence-corrected chi connectivity index (χ2v) is 13.1. The molecule has 2 aliphatic rings. The molecule has 0 spiro atoms. The number of hydrogen-bond acceptors (Lipinski definition) is 8. The van der Waals surface area contributed by atoms with E-state index in [0.29, 0.717) is 82.1 Å². The number of halogens is 3. The third kappa shape index (κ3) is 7.97. The van der Waals surface area contributed by atoms with E-state index in [1.807, 2.05) is 30.3 Å². The van der Waals surface area contributed by atoms with E-state index in [1.54, 1.807) is 37.6 Å². The van der Waals surface area contributed by atoms with Crippen molar-refractivity contribution in [3.63, 3.8) is 0 Å². The molecule has 0 aliphatic carbocycles. The summed E-state index contributed by atoms with van der Waals surface area (Å²) in [6.45, 7) is 2.05. The third-order valence-corrected chi connectivity index (χ3v) is 9.77. The lowest BCUT2D eigenvalue weighted by molar-refractivity contribution is -0.120. The predicted octanol–water partition coefficient (Wildman–Crippen LogP) is 6.36. The highest BCUT2D eigenvalue weighted by Crippen LogP contribution is 2.43. The molecule has 0 radical (unpaired) electrons. The monoisotopic (exact) mass is 720 g/mol. The van der Waals surface area contributed by atoms with Gasteiger partial charge < -0.3 is 36.1 Å². The molecular formula is C37H39Cl2FN6O4. The zero-order valence-corrected chi connectivity index (χ0v) is 29.3. The van der Waals surface area contributed by atoms with Gasteiger partial charge in [-0.25, -0.2) is 4.39 Å². The SMILES string of the molecule is COc1cc(-c2nccc(-c3cccc(Nc4c(OC)ccc(CNC[C@@H]5CCC(=O)N5)c4F)c3Cl)c2Cl)ccc1CNC[C@@H]1CCC(=O)N1. The minimum absolute atomic E-state index is 0.0333. The fraction of sp³-hybridized carbons (Fsp3) is 0.324. The van der Waals surface area contributed by atoms with E-state index in [1.165, 1.54) is 7.11 Å². The van der Waals surface area contributed by atoms with Gasteiger partial charge in [0.25, 0.3) is 0 Å². The van der Waals surface area contributed by atoms with Crippen LogP contribution in [0.25, 0.3) is 22.4 Å². The Morgan fingerprint density at radius 2 is 1.46 bits per heavy atom. The van der Waals surface area contributed by atoms with Crippen molar-refractivity contribution in [1.82, 2.24) is 26.3 Å². The molecule has 5 N–H and O–H groups in total. The average molecular weight is 722 g/mol.